The second-order valence-corrected chi connectivity index (χ2v) is 31.1. The number of thiophene rings is 2. The number of nitrogens with one attached hydrogen (secondary N) is 5. The molecular weight excluding hydrogens is 1470 g/mol. The van der Waals surface area contributed by atoms with Gasteiger partial charge in [0.05, 0.1) is 24.3 Å². The number of hydrogen-bond donors (Lipinski definition) is 6. The van der Waals surface area contributed by atoms with Crippen LogP contribution >= 0.6 is 45.9 Å². The smallest absolute Gasteiger partial charge is 0.306 e. The van der Waals surface area contributed by atoms with Crippen LogP contribution in [0.25, 0.3) is 10.0 Å². The molecule has 0 radical (unpaired) electrons. The lowest BCUT2D eigenvalue weighted by molar-refractivity contribution is -0.138. The zero-order valence-corrected chi connectivity index (χ0v) is 64.8. The van der Waals surface area contributed by atoms with Crippen LogP contribution in [-0.2, 0) is 51.4 Å². The van der Waals surface area contributed by atoms with Crippen LogP contribution in [0.3, 0.4) is 0 Å². The highest BCUT2D eigenvalue weighted by Gasteiger charge is 2.43. The van der Waals surface area contributed by atoms with Gasteiger partial charge < -0.3 is 30.9 Å². The van der Waals surface area contributed by atoms with E-state index >= 15 is 0 Å². The van der Waals surface area contributed by atoms with Crippen LogP contribution in [0.2, 0.25) is 10.0 Å². The molecule has 10 heterocycles. The summed E-state index contributed by atoms with van der Waals surface area (Å²) >= 11 is 15.6. The van der Waals surface area contributed by atoms with Crippen molar-refractivity contribution in [3.05, 3.63) is 184 Å². The maximum atomic E-state index is 13.3. The van der Waals surface area contributed by atoms with Gasteiger partial charge in [0.1, 0.15) is 45.8 Å². The number of piperidine rings is 2. The lowest BCUT2D eigenvalue weighted by atomic mass is 9.99. The lowest BCUT2D eigenvalue weighted by Gasteiger charge is -2.29. The zero-order valence-electron chi connectivity index (χ0n) is 61.6. The third kappa shape index (κ3) is 17.4. The minimum Gasteiger partial charge on any atom is -0.481 e. The lowest BCUT2D eigenvalue weighted by Crippen LogP contribution is -2.52. The van der Waals surface area contributed by atoms with E-state index in [1.54, 1.807) is 59.1 Å². The monoisotopic (exact) mass is 1550 g/mol. The van der Waals surface area contributed by atoms with Gasteiger partial charge in [-0.1, -0.05) is 105 Å². The molecule has 4 aromatic carbocycles. The summed E-state index contributed by atoms with van der Waals surface area (Å²) in [7, 11) is 0. The number of aliphatic imine (C=N–C) groups is 2. The fourth-order valence-electron chi connectivity index (χ4n) is 14.4. The summed E-state index contributed by atoms with van der Waals surface area (Å²) in [6.07, 6.45) is 10.2. The number of aromatic nitrogens is 6. The minimum atomic E-state index is -0.926. The van der Waals surface area contributed by atoms with Crippen LogP contribution < -0.4 is 26.6 Å². The number of nitrogens with zero attached hydrogens (tertiary/aromatic N) is 10. The molecular formula is C79H85Cl2N15O11S2. The molecule has 0 bridgehead atoms. The molecule has 2 saturated heterocycles. The third-order valence-corrected chi connectivity index (χ3v) is 23.2. The molecule has 30 heteroatoms. The van der Waals surface area contributed by atoms with E-state index in [-0.39, 0.29) is 86.5 Å². The van der Waals surface area contributed by atoms with E-state index in [0.717, 1.165) is 111 Å². The van der Waals surface area contributed by atoms with Crippen molar-refractivity contribution in [1.29, 1.82) is 0 Å². The summed E-state index contributed by atoms with van der Waals surface area (Å²) in [5.74, 6) is -0.712. The first kappa shape index (κ1) is 78.2. The number of halogens is 2. The number of anilines is 2. The maximum Gasteiger partial charge on any atom is 0.306 e. The Morgan fingerprint density at radius 3 is 1.38 bits per heavy atom. The standard InChI is InChI=1S/C39H41ClN8O5S.C21H27N3O4.C19H17ClN4O2S/c1-21-22(2)54-39-34(21)35(24-12-14-25(40)15-13-24)43-29(36-46-45-23(3)48(36)39)19-33(51)41-18-7-5-4-6-11-31(49)42-28-10-8-9-26-27(28)20-47(38(26)53)30-16-17-32(50)44-37(30)52;1-2-3-4-5-6-10-18(25)22-16-9-7-8-14-15(16)13-24(21(14)28)17-11-12-19(26)23-20(17)27;1-9-10(2)27-19-16(9)17(12-4-6-13(20)7-5-12)21-14(8-15(25)26)18-23-22-11(3)24(18)19/h8-10,12-15,29-30H,4-7,11,16-20H2,1-3H3,(H,41,51)(H,42,49)(H,44,50,52);7-9,17H,2-6,10-13H2,1H3,(H,22,25)(H,23,26,27);4-7,14H,8H2,1-3H3,(H,25,26)/t29-,30?;;14-/m0.0/s1. The van der Waals surface area contributed by atoms with Crippen molar-refractivity contribution in [3.63, 3.8) is 0 Å². The quantitative estimate of drug-likeness (QED) is 0.0256. The topological polar surface area (TPSA) is 344 Å². The molecule has 6 aliphatic heterocycles. The summed E-state index contributed by atoms with van der Waals surface area (Å²) in [4.78, 5) is 139. The van der Waals surface area contributed by atoms with Crippen LogP contribution in [0.4, 0.5) is 11.4 Å². The fourth-order valence-corrected chi connectivity index (χ4v) is 17.1. The number of aryl methyl sites for hydroxylation is 4. The molecule has 8 aromatic rings. The van der Waals surface area contributed by atoms with E-state index in [9.17, 15) is 53.1 Å². The number of hydrogen-bond acceptors (Lipinski definition) is 18. The Balaban J connectivity index is 0.000000169. The van der Waals surface area contributed by atoms with Crippen molar-refractivity contribution in [3.8, 4) is 10.0 Å². The average molecular weight is 1560 g/mol. The number of amides is 9. The number of imide groups is 2. The van der Waals surface area contributed by atoms with Crippen molar-refractivity contribution in [1.82, 2.24) is 55.3 Å². The van der Waals surface area contributed by atoms with E-state index in [1.807, 2.05) is 71.5 Å². The second-order valence-electron chi connectivity index (χ2n) is 27.8. The number of carbonyl (C=O) groups is 10. The van der Waals surface area contributed by atoms with Crippen LogP contribution in [0.5, 0.6) is 0 Å². The molecule has 9 amide bonds. The van der Waals surface area contributed by atoms with E-state index in [4.69, 9.17) is 33.2 Å². The maximum absolute atomic E-state index is 13.3. The highest BCUT2D eigenvalue weighted by atomic mass is 35.5. The Kier molecular flexibility index (Phi) is 24.7. The van der Waals surface area contributed by atoms with E-state index < -0.39 is 42.0 Å². The molecule has 26 nitrogen and oxygen atoms in total. The molecule has 14 rings (SSSR count). The number of aliphatic carboxylic acids is 1. The third-order valence-electron chi connectivity index (χ3n) is 20.3. The number of carboxylic acid groups (broad SMARTS) is 1. The number of carboxylic acids is 1. The average Bonchev–Trinajstić information content (AvgIpc) is 1.55. The molecule has 2 unspecified atom stereocenters. The van der Waals surface area contributed by atoms with Crippen molar-refractivity contribution in [2.24, 2.45) is 9.98 Å². The molecule has 4 atom stereocenters. The van der Waals surface area contributed by atoms with Crippen LogP contribution in [0.1, 0.15) is 226 Å². The van der Waals surface area contributed by atoms with Crippen molar-refractivity contribution in [2.75, 3.05) is 17.2 Å². The van der Waals surface area contributed by atoms with Gasteiger partial charge in [-0.25, -0.2) is 0 Å². The molecule has 6 N–H and O–H groups in total. The van der Waals surface area contributed by atoms with Gasteiger partial charge in [0.25, 0.3) is 11.8 Å². The minimum absolute atomic E-state index is 0.0585. The Labute approximate surface area is 648 Å². The Morgan fingerprint density at radius 2 is 0.954 bits per heavy atom. The molecule has 0 aliphatic carbocycles. The van der Waals surface area contributed by atoms with Gasteiger partial charge in [0, 0.05) is 121 Å². The van der Waals surface area contributed by atoms with Crippen LogP contribution in [0.15, 0.2) is 94.9 Å². The van der Waals surface area contributed by atoms with E-state index in [2.05, 4.69) is 81.6 Å². The number of benzene rings is 4. The van der Waals surface area contributed by atoms with Crippen molar-refractivity contribution >= 4 is 128 Å². The van der Waals surface area contributed by atoms with Crippen molar-refractivity contribution in [2.45, 2.75) is 195 Å². The van der Waals surface area contributed by atoms with Gasteiger partial charge in [-0.05, 0) is 133 Å². The number of unbranched alkanes of at least 4 members (excludes halogenated alkanes) is 7. The van der Waals surface area contributed by atoms with Crippen LogP contribution in [-0.4, -0.2) is 134 Å². The molecule has 4 aromatic heterocycles. The Morgan fingerprint density at radius 1 is 0.532 bits per heavy atom. The molecule has 6 aliphatic rings. The van der Waals surface area contributed by atoms with E-state index in [0.29, 0.717) is 82.0 Å². The van der Waals surface area contributed by atoms with Gasteiger partial charge in [0.2, 0.25) is 41.4 Å². The summed E-state index contributed by atoms with van der Waals surface area (Å²) in [6, 6.07) is 22.9. The zero-order chi connectivity index (χ0) is 77.5. The number of fused-ring (bicyclic) bond motifs is 8. The van der Waals surface area contributed by atoms with Gasteiger partial charge in [-0.15, -0.1) is 43.1 Å². The summed E-state index contributed by atoms with van der Waals surface area (Å²) in [5, 5.41) is 43.5. The molecule has 0 spiro atoms. The van der Waals surface area contributed by atoms with Gasteiger partial charge in [0.15, 0.2) is 11.6 Å². The molecule has 568 valence electrons. The summed E-state index contributed by atoms with van der Waals surface area (Å²) in [6.45, 7) is 15.2. The van der Waals surface area contributed by atoms with Gasteiger partial charge in [-0.3, -0.25) is 77.7 Å². The summed E-state index contributed by atoms with van der Waals surface area (Å²) in [5.41, 5.74) is 11.2. The summed E-state index contributed by atoms with van der Waals surface area (Å²) < 4.78 is 3.97. The number of carbonyl (C=O) groups excluding carboxylic acids is 9. The fraction of sp³-hybridized carbons (Fsp3) is 0.392. The first-order valence-corrected chi connectivity index (χ1v) is 39.1. The van der Waals surface area contributed by atoms with Crippen LogP contribution in [0, 0.1) is 41.5 Å². The van der Waals surface area contributed by atoms with Gasteiger partial charge in [-0.2, -0.15) is 0 Å². The Bertz CT molecular complexity index is 4980. The largest absolute Gasteiger partial charge is 0.481 e. The second kappa shape index (κ2) is 34.4. The van der Waals surface area contributed by atoms with Gasteiger partial charge >= 0.3 is 5.97 Å². The molecule has 2 fully saturated rings. The molecule has 0 saturated carbocycles. The first-order valence-electron chi connectivity index (χ1n) is 36.7. The molecule has 109 heavy (non-hydrogen) atoms. The predicted molar refractivity (Wildman–Crippen MR) is 415 cm³/mol. The van der Waals surface area contributed by atoms with Crippen molar-refractivity contribution < 1.29 is 53.1 Å². The normalized spacial score (nSPS) is 17.5. The first-order chi connectivity index (χ1) is 52.4. The highest BCUT2D eigenvalue weighted by molar-refractivity contribution is 7.15. The SMILES string of the molecule is CCCCCCCC(=O)Nc1cccc2c1CN(C1CCC(=O)NC1=O)C2=O.Cc1sc2c(c1C)C(c1ccc(Cl)cc1)=N[C@@H](CC(=O)NCCCCCCC(=O)Nc1cccc3c1CN(C1CCC(=O)NC1=O)C3=O)c1nnc(C)n1-2.Cc1sc2c(c1C)C(c1ccc(Cl)cc1)=N[C@@H](CC(=O)O)c1nnc(C)n1-2. The number of rotatable bonds is 23. The Hall–Kier alpha value is -10.4. The highest BCUT2D eigenvalue weighted by Crippen LogP contribution is 2.43. The van der Waals surface area contributed by atoms with E-state index in [1.165, 1.54) is 32.4 Å². The predicted octanol–water partition coefficient (Wildman–Crippen LogP) is 12.7.